The second-order valence-corrected chi connectivity index (χ2v) is 6.85. The van der Waals surface area contributed by atoms with Crippen LogP contribution in [0.15, 0.2) is 29.2 Å². The lowest BCUT2D eigenvalue weighted by atomic mass is 10.1. The van der Waals surface area contributed by atoms with Crippen molar-refractivity contribution < 1.29 is 17.9 Å². The van der Waals surface area contributed by atoms with Crippen molar-refractivity contribution in [2.45, 2.75) is 17.4 Å². The van der Waals surface area contributed by atoms with Crippen molar-refractivity contribution in [3.05, 3.63) is 30.1 Å². The molecule has 20 heavy (non-hydrogen) atoms. The number of aliphatic hydroxyl groups is 1. The van der Waals surface area contributed by atoms with Gasteiger partial charge >= 0.3 is 0 Å². The third kappa shape index (κ3) is 3.01. The molecule has 1 aromatic rings. The monoisotopic (exact) mass is 302 g/mol. The predicted molar refractivity (Wildman–Crippen MR) is 73.3 cm³/mol. The highest BCUT2D eigenvalue weighted by Crippen LogP contribution is 2.22. The van der Waals surface area contributed by atoms with Crippen molar-refractivity contribution in [1.82, 2.24) is 9.21 Å². The van der Waals surface area contributed by atoms with Crippen molar-refractivity contribution in [3.8, 4) is 0 Å². The minimum atomic E-state index is -3.82. The predicted octanol–water partition coefficient (Wildman–Crippen LogP) is 0.513. The van der Waals surface area contributed by atoms with Crippen LogP contribution in [0.2, 0.25) is 0 Å². The third-order valence-corrected chi connectivity index (χ3v) is 5.56. The van der Waals surface area contributed by atoms with Crippen LogP contribution in [0, 0.1) is 5.82 Å². The molecule has 0 aromatic heterocycles. The Bertz CT molecular complexity index is 564. The molecular formula is C13H19FN2O3S. The molecule has 1 aromatic carbocycles. The summed E-state index contributed by atoms with van der Waals surface area (Å²) in [4.78, 5) is 1.73. The van der Waals surface area contributed by atoms with Gasteiger partial charge in [0.1, 0.15) is 10.7 Å². The topological polar surface area (TPSA) is 60.9 Å². The summed E-state index contributed by atoms with van der Waals surface area (Å²) >= 11 is 0. The Morgan fingerprint density at radius 3 is 2.70 bits per heavy atom. The number of hydrogen-bond donors (Lipinski definition) is 1. The highest BCUT2D eigenvalue weighted by molar-refractivity contribution is 7.89. The van der Waals surface area contributed by atoms with Gasteiger partial charge in [-0.25, -0.2) is 12.8 Å². The molecule has 112 valence electrons. The molecule has 0 aliphatic carbocycles. The lowest BCUT2D eigenvalue weighted by Crippen LogP contribution is -2.53. The van der Waals surface area contributed by atoms with E-state index in [4.69, 9.17) is 5.11 Å². The van der Waals surface area contributed by atoms with E-state index in [0.717, 1.165) is 6.07 Å². The van der Waals surface area contributed by atoms with Crippen LogP contribution in [-0.4, -0.2) is 62.1 Å². The Hall–Kier alpha value is -1.02. The van der Waals surface area contributed by atoms with Gasteiger partial charge in [0, 0.05) is 32.3 Å². The Morgan fingerprint density at radius 1 is 1.35 bits per heavy atom. The first-order valence-corrected chi connectivity index (χ1v) is 7.96. The van der Waals surface area contributed by atoms with Crippen LogP contribution in [0.4, 0.5) is 4.39 Å². The fourth-order valence-corrected chi connectivity index (χ4v) is 3.92. The molecule has 0 radical (unpaired) electrons. The van der Waals surface area contributed by atoms with E-state index in [0.29, 0.717) is 19.5 Å². The van der Waals surface area contributed by atoms with Crippen LogP contribution in [0.5, 0.6) is 0 Å². The number of sulfonamides is 1. The van der Waals surface area contributed by atoms with Gasteiger partial charge in [-0.15, -0.1) is 0 Å². The highest BCUT2D eigenvalue weighted by Gasteiger charge is 2.33. The smallest absolute Gasteiger partial charge is 0.246 e. The fourth-order valence-electron chi connectivity index (χ4n) is 2.39. The van der Waals surface area contributed by atoms with E-state index in [-0.39, 0.29) is 24.1 Å². The van der Waals surface area contributed by atoms with Crippen LogP contribution < -0.4 is 0 Å². The molecule has 1 N–H and O–H groups in total. The molecule has 7 heteroatoms. The quantitative estimate of drug-likeness (QED) is 0.880. The van der Waals surface area contributed by atoms with Crippen molar-refractivity contribution in [1.29, 1.82) is 0 Å². The molecule has 2 rings (SSSR count). The zero-order valence-electron chi connectivity index (χ0n) is 11.4. The SMILES string of the molecule is CN1CCN(S(=O)(=O)c2ccccc2F)C[C@H]1CCO. The molecular weight excluding hydrogens is 283 g/mol. The maximum Gasteiger partial charge on any atom is 0.246 e. The van der Waals surface area contributed by atoms with Crippen LogP contribution >= 0.6 is 0 Å². The first-order chi connectivity index (χ1) is 9.46. The number of rotatable bonds is 4. The zero-order chi connectivity index (χ0) is 14.8. The molecule has 1 heterocycles. The van der Waals surface area contributed by atoms with Crippen LogP contribution in [0.3, 0.4) is 0 Å². The fraction of sp³-hybridized carbons (Fsp3) is 0.538. The van der Waals surface area contributed by atoms with Gasteiger partial charge in [-0.2, -0.15) is 4.31 Å². The Kier molecular flexibility index (Phi) is 4.74. The summed E-state index contributed by atoms with van der Waals surface area (Å²) in [5.74, 6) is -0.731. The van der Waals surface area contributed by atoms with Gasteiger partial charge in [-0.3, -0.25) is 0 Å². The van der Waals surface area contributed by atoms with Gasteiger partial charge in [0.2, 0.25) is 10.0 Å². The summed E-state index contributed by atoms with van der Waals surface area (Å²) in [7, 11) is -1.92. The maximum atomic E-state index is 13.7. The summed E-state index contributed by atoms with van der Waals surface area (Å²) in [6.07, 6.45) is 0.500. The first-order valence-electron chi connectivity index (χ1n) is 6.52. The third-order valence-electron chi connectivity index (χ3n) is 3.66. The molecule has 1 atom stereocenters. The van der Waals surface area contributed by atoms with Gasteiger partial charge in [0.15, 0.2) is 0 Å². The minimum Gasteiger partial charge on any atom is -0.396 e. The summed E-state index contributed by atoms with van der Waals surface area (Å²) in [6, 6.07) is 5.36. The van der Waals surface area contributed by atoms with Crippen molar-refractivity contribution in [2.24, 2.45) is 0 Å². The van der Waals surface area contributed by atoms with E-state index in [1.54, 1.807) is 0 Å². The molecule has 0 saturated carbocycles. The van der Waals surface area contributed by atoms with Crippen LogP contribution in [-0.2, 0) is 10.0 Å². The minimum absolute atomic E-state index is 0.00257. The van der Waals surface area contributed by atoms with Gasteiger partial charge in [-0.1, -0.05) is 12.1 Å². The normalized spacial score (nSPS) is 22.1. The molecule has 0 spiro atoms. The molecule has 0 bridgehead atoms. The van der Waals surface area contributed by atoms with Crippen molar-refractivity contribution in [3.63, 3.8) is 0 Å². The van der Waals surface area contributed by atoms with Crippen LogP contribution in [0.1, 0.15) is 6.42 Å². The molecule has 1 aliphatic heterocycles. The molecule has 1 fully saturated rings. The summed E-state index contributed by atoms with van der Waals surface area (Å²) in [5.41, 5.74) is 0. The van der Waals surface area contributed by atoms with E-state index in [9.17, 15) is 12.8 Å². The number of likely N-dealkylation sites (N-methyl/N-ethyl adjacent to an activating group) is 1. The number of aliphatic hydroxyl groups excluding tert-OH is 1. The van der Waals surface area contributed by atoms with E-state index in [2.05, 4.69) is 0 Å². The maximum absolute atomic E-state index is 13.7. The van der Waals surface area contributed by atoms with Gasteiger partial charge in [0.25, 0.3) is 0 Å². The average Bonchev–Trinajstić information content (AvgIpc) is 2.41. The largest absolute Gasteiger partial charge is 0.396 e. The summed E-state index contributed by atoms with van der Waals surface area (Å²) < 4.78 is 39.9. The number of hydrogen-bond acceptors (Lipinski definition) is 4. The molecule has 0 amide bonds. The Labute approximate surface area is 118 Å². The molecule has 1 aliphatic rings. The van der Waals surface area contributed by atoms with Crippen molar-refractivity contribution in [2.75, 3.05) is 33.3 Å². The molecule has 5 nitrogen and oxygen atoms in total. The standard InChI is InChI=1S/C13H19FN2O3S/c1-15-7-8-16(10-11(15)6-9-17)20(18,19)13-5-3-2-4-12(13)14/h2-5,11,17H,6-10H2,1H3/t11-/m1/s1. The van der Waals surface area contributed by atoms with E-state index < -0.39 is 15.8 Å². The lowest BCUT2D eigenvalue weighted by molar-refractivity contribution is 0.120. The summed E-state index contributed by atoms with van der Waals surface area (Å²) in [5, 5.41) is 9.03. The molecule has 0 unspecified atom stereocenters. The second kappa shape index (κ2) is 6.17. The van der Waals surface area contributed by atoms with Gasteiger partial charge in [0.05, 0.1) is 0 Å². The van der Waals surface area contributed by atoms with Crippen molar-refractivity contribution >= 4 is 10.0 Å². The number of halogens is 1. The molecule has 1 saturated heterocycles. The van der Waals surface area contributed by atoms with Crippen LogP contribution in [0.25, 0.3) is 0 Å². The highest BCUT2D eigenvalue weighted by atomic mass is 32.2. The van der Waals surface area contributed by atoms with E-state index in [1.165, 1.54) is 22.5 Å². The Morgan fingerprint density at radius 2 is 2.05 bits per heavy atom. The number of nitrogens with zero attached hydrogens (tertiary/aromatic N) is 2. The Balaban J connectivity index is 2.24. The van der Waals surface area contributed by atoms with E-state index in [1.807, 2.05) is 11.9 Å². The lowest BCUT2D eigenvalue weighted by Gasteiger charge is -2.38. The van der Waals surface area contributed by atoms with Gasteiger partial charge in [-0.05, 0) is 25.6 Å². The van der Waals surface area contributed by atoms with Gasteiger partial charge < -0.3 is 10.0 Å². The second-order valence-electron chi connectivity index (χ2n) is 4.94. The average molecular weight is 302 g/mol. The number of benzene rings is 1. The van der Waals surface area contributed by atoms with E-state index >= 15 is 0 Å². The first kappa shape index (κ1) is 15.4. The number of piperazine rings is 1. The summed E-state index contributed by atoms with van der Waals surface area (Å²) in [6.45, 7) is 1.17. The zero-order valence-corrected chi connectivity index (χ0v) is 12.2.